The Morgan fingerprint density at radius 2 is 1.69 bits per heavy atom. The molecule has 1 aliphatic rings. The van der Waals surface area contributed by atoms with E-state index in [0.29, 0.717) is 19.4 Å². The van der Waals surface area contributed by atoms with Gasteiger partial charge in [-0.2, -0.15) is 0 Å². The van der Waals surface area contributed by atoms with E-state index in [9.17, 15) is 24.0 Å². The maximum absolute atomic E-state index is 12.4. The number of nitrogens with zero attached hydrogens (tertiary/aromatic N) is 1. The van der Waals surface area contributed by atoms with Gasteiger partial charge in [0.25, 0.3) is 0 Å². The van der Waals surface area contributed by atoms with E-state index in [2.05, 4.69) is 10.6 Å². The van der Waals surface area contributed by atoms with Crippen molar-refractivity contribution in [2.24, 2.45) is 11.5 Å². The molecule has 0 unspecified atom stereocenters. The first-order chi connectivity index (χ1) is 12.0. The first kappa shape index (κ1) is 21.4. The molecule has 0 radical (unpaired) electrons. The Kier molecular flexibility index (Phi) is 7.50. The predicted molar refractivity (Wildman–Crippen MR) is 89.4 cm³/mol. The summed E-state index contributed by atoms with van der Waals surface area (Å²) in [4.78, 5) is 59.4. The van der Waals surface area contributed by atoms with Gasteiger partial charge < -0.3 is 32.1 Å². The normalized spacial score (nSPS) is 20.0. The second kappa shape index (κ2) is 9.13. The van der Waals surface area contributed by atoms with E-state index in [0.717, 1.165) is 0 Å². The van der Waals surface area contributed by atoms with Gasteiger partial charge in [-0.25, -0.2) is 4.79 Å². The van der Waals surface area contributed by atoms with Crippen LogP contribution in [0.1, 0.15) is 33.1 Å². The summed E-state index contributed by atoms with van der Waals surface area (Å²) in [5.74, 6) is -3.71. The largest absolute Gasteiger partial charge is 0.480 e. The third kappa shape index (κ3) is 5.69. The number of carbonyl (C=O) groups excluding carboxylic acids is 4. The minimum Gasteiger partial charge on any atom is -0.480 e. The van der Waals surface area contributed by atoms with Crippen LogP contribution in [0.5, 0.6) is 0 Å². The quantitative estimate of drug-likeness (QED) is 0.306. The van der Waals surface area contributed by atoms with Crippen LogP contribution in [0.3, 0.4) is 0 Å². The Morgan fingerprint density at radius 3 is 2.23 bits per heavy atom. The molecule has 1 rings (SSSR count). The number of rotatable bonds is 8. The van der Waals surface area contributed by atoms with E-state index in [1.807, 2.05) is 0 Å². The molecule has 0 aromatic carbocycles. The first-order valence-electron chi connectivity index (χ1n) is 8.22. The zero-order valence-corrected chi connectivity index (χ0v) is 14.7. The number of carboxylic acids is 1. The van der Waals surface area contributed by atoms with Gasteiger partial charge in [0, 0.05) is 6.54 Å². The average molecular weight is 371 g/mol. The lowest BCUT2D eigenvalue weighted by atomic mass is 10.1. The highest BCUT2D eigenvalue weighted by molar-refractivity contribution is 5.94. The van der Waals surface area contributed by atoms with Crippen molar-refractivity contribution in [3.05, 3.63) is 0 Å². The van der Waals surface area contributed by atoms with Crippen molar-refractivity contribution in [3.63, 3.8) is 0 Å². The second-order valence-electron chi connectivity index (χ2n) is 6.27. The van der Waals surface area contributed by atoms with Crippen molar-refractivity contribution in [2.75, 3.05) is 6.54 Å². The molecule has 1 aliphatic heterocycles. The van der Waals surface area contributed by atoms with Gasteiger partial charge in [-0.1, -0.05) is 0 Å². The van der Waals surface area contributed by atoms with Gasteiger partial charge in [0.15, 0.2) is 0 Å². The van der Waals surface area contributed by atoms with E-state index in [1.54, 1.807) is 0 Å². The molecule has 4 amide bonds. The summed E-state index contributed by atoms with van der Waals surface area (Å²) in [6.07, 6.45) is 0.583. The molecule has 146 valence electrons. The number of aliphatic carboxylic acids is 1. The third-order valence-electron chi connectivity index (χ3n) is 4.06. The van der Waals surface area contributed by atoms with Crippen LogP contribution in [-0.2, 0) is 24.0 Å². The molecule has 0 aromatic heterocycles. The van der Waals surface area contributed by atoms with E-state index < -0.39 is 53.8 Å². The van der Waals surface area contributed by atoms with Crippen LogP contribution in [-0.4, -0.2) is 70.3 Å². The van der Waals surface area contributed by atoms with Crippen LogP contribution in [0.4, 0.5) is 0 Å². The minimum absolute atomic E-state index is 0.310. The van der Waals surface area contributed by atoms with Gasteiger partial charge in [-0.15, -0.1) is 0 Å². The Labute approximate surface area is 150 Å². The number of hydrogen-bond acceptors (Lipinski definition) is 6. The van der Waals surface area contributed by atoms with Crippen molar-refractivity contribution < 1.29 is 29.1 Å². The Bertz CT molecular complexity index is 595. The number of hydrogen-bond donors (Lipinski definition) is 5. The molecule has 1 heterocycles. The highest BCUT2D eigenvalue weighted by Crippen LogP contribution is 2.18. The summed E-state index contributed by atoms with van der Waals surface area (Å²) < 4.78 is 0. The number of nitrogens with one attached hydrogen (secondary N) is 2. The van der Waals surface area contributed by atoms with Crippen molar-refractivity contribution in [2.45, 2.75) is 57.3 Å². The summed E-state index contributed by atoms with van der Waals surface area (Å²) in [5.41, 5.74) is 10.4. The summed E-state index contributed by atoms with van der Waals surface area (Å²) in [6.45, 7) is 3.13. The lowest BCUT2D eigenvalue weighted by Gasteiger charge is -2.26. The zero-order chi connectivity index (χ0) is 20.0. The molecule has 11 heteroatoms. The molecule has 0 bridgehead atoms. The number of carboxylic acid groups (broad SMARTS) is 1. The Balaban J connectivity index is 2.57. The smallest absolute Gasteiger partial charge is 0.326 e. The molecule has 26 heavy (non-hydrogen) atoms. The molecule has 11 nitrogen and oxygen atoms in total. The number of amides is 4. The fourth-order valence-electron chi connectivity index (χ4n) is 2.63. The predicted octanol–water partition coefficient (Wildman–Crippen LogP) is -2.73. The van der Waals surface area contributed by atoms with Crippen molar-refractivity contribution in [1.29, 1.82) is 0 Å². The maximum atomic E-state index is 12.4. The average Bonchev–Trinajstić information content (AvgIpc) is 3.02. The van der Waals surface area contributed by atoms with Crippen molar-refractivity contribution >= 4 is 29.6 Å². The van der Waals surface area contributed by atoms with Crippen LogP contribution in [0, 0.1) is 0 Å². The van der Waals surface area contributed by atoms with Crippen LogP contribution in [0.25, 0.3) is 0 Å². The number of nitrogens with two attached hydrogens (primary N) is 2. The summed E-state index contributed by atoms with van der Waals surface area (Å²) in [7, 11) is 0. The van der Waals surface area contributed by atoms with Gasteiger partial charge in [0.2, 0.25) is 23.6 Å². The van der Waals surface area contributed by atoms with E-state index in [-0.39, 0.29) is 6.42 Å². The maximum Gasteiger partial charge on any atom is 0.326 e. The lowest BCUT2D eigenvalue weighted by molar-refractivity contribution is -0.149. The number of primary amides is 1. The Hall–Kier alpha value is -2.69. The zero-order valence-electron chi connectivity index (χ0n) is 14.7. The summed E-state index contributed by atoms with van der Waals surface area (Å²) in [5, 5.41) is 13.9. The van der Waals surface area contributed by atoms with Crippen LogP contribution < -0.4 is 22.1 Å². The molecular weight excluding hydrogens is 346 g/mol. The fourth-order valence-corrected chi connectivity index (χ4v) is 2.63. The molecule has 0 aromatic rings. The molecule has 0 saturated carbocycles. The number of carbonyl (C=O) groups is 5. The Morgan fingerprint density at radius 1 is 1.12 bits per heavy atom. The topological polar surface area (TPSA) is 185 Å². The van der Waals surface area contributed by atoms with Gasteiger partial charge >= 0.3 is 5.97 Å². The highest BCUT2D eigenvalue weighted by atomic mass is 16.4. The van der Waals surface area contributed by atoms with Gasteiger partial charge in [0.05, 0.1) is 12.5 Å². The van der Waals surface area contributed by atoms with Crippen LogP contribution in [0.15, 0.2) is 0 Å². The molecule has 4 atom stereocenters. The molecule has 1 fully saturated rings. The van der Waals surface area contributed by atoms with Gasteiger partial charge in [-0.3, -0.25) is 19.2 Å². The molecule has 7 N–H and O–H groups in total. The van der Waals surface area contributed by atoms with Crippen molar-refractivity contribution in [3.8, 4) is 0 Å². The van der Waals surface area contributed by atoms with E-state index in [1.165, 1.54) is 18.7 Å². The minimum atomic E-state index is -1.18. The van der Waals surface area contributed by atoms with E-state index in [4.69, 9.17) is 16.6 Å². The summed E-state index contributed by atoms with van der Waals surface area (Å²) >= 11 is 0. The van der Waals surface area contributed by atoms with E-state index >= 15 is 0 Å². The molecule has 0 aliphatic carbocycles. The third-order valence-corrected chi connectivity index (χ3v) is 4.06. The SMILES string of the molecule is C[C@H](NC(=O)[C@@H](N)CC(N)=O)C(=O)N[C@@H](C)C(=O)N1CCC[C@@H]1C(=O)O. The molecular formula is C15H25N5O6. The number of likely N-dealkylation sites (tertiary alicyclic amines) is 1. The lowest BCUT2D eigenvalue weighted by Crippen LogP contribution is -2.55. The fraction of sp³-hybridized carbons (Fsp3) is 0.667. The monoisotopic (exact) mass is 371 g/mol. The first-order valence-corrected chi connectivity index (χ1v) is 8.22. The van der Waals surface area contributed by atoms with Gasteiger partial charge in [0.1, 0.15) is 18.1 Å². The molecule has 0 spiro atoms. The van der Waals surface area contributed by atoms with Crippen LogP contribution in [0.2, 0.25) is 0 Å². The van der Waals surface area contributed by atoms with Crippen molar-refractivity contribution in [1.82, 2.24) is 15.5 Å². The molecule has 1 saturated heterocycles. The summed E-state index contributed by atoms with van der Waals surface area (Å²) in [6, 6.07) is -4.04. The van der Waals surface area contributed by atoms with Crippen LogP contribution >= 0.6 is 0 Å². The standard InChI is InChI=1S/C15H25N5O6/c1-7(18-13(23)9(16)6-11(17)21)12(22)19-8(2)14(24)20-5-3-4-10(20)15(25)26/h7-10H,3-6,16H2,1-2H3,(H2,17,21)(H,18,23)(H,19,22)(H,25,26)/t7-,8-,9-,10+/m0/s1. The second-order valence-corrected chi connectivity index (χ2v) is 6.27. The highest BCUT2D eigenvalue weighted by Gasteiger charge is 2.36. The van der Waals surface area contributed by atoms with Gasteiger partial charge in [-0.05, 0) is 26.7 Å².